The van der Waals surface area contributed by atoms with E-state index in [1.54, 1.807) is 4.90 Å². The van der Waals surface area contributed by atoms with Crippen LogP contribution in [-0.4, -0.2) is 48.9 Å². The highest BCUT2D eigenvalue weighted by Gasteiger charge is 2.18. The van der Waals surface area contributed by atoms with Crippen molar-refractivity contribution in [2.45, 2.75) is 33.7 Å². The van der Waals surface area contributed by atoms with Crippen LogP contribution < -0.4 is 10.2 Å². The highest BCUT2D eigenvalue weighted by atomic mass is 16.2. The van der Waals surface area contributed by atoms with Gasteiger partial charge in [-0.3, -0.25) is 9.59 Å². The molecule has 0 radical (unpaired) electrons. The van der Waals surface area contributed by atoms with Gasteiger partial charge in [-0.05, 0) is 39.8 Å². The number of nitrogens with zero attached hydrogens (tertiary/aromatic N) is 2. The van der Waals surface area contributed by atoms with Gasteiger partial charge in [0.25, 0.3) is 0 Å². The predicted molar refractivity (Wildman–Crippen MR) is 89.9 cm³/mol. The fraction of sp³-hybridized carbons (Fsp3) is 0.529. The lowest BCUT2D eigenvalue weighted by molar-refractivity contribution is -0.135. The molecule has 1 aromatic carbocycles. The minimum atomic E-state index is -0.118. The summed E-state index contributed by atoms with van der Waals surface area (Å²) in [6, 6.07) is 9.91. The summed E-state index contributed by atoms with van der Waals surface area (Å²) in [6.45, 7) is 9.38. The Morgan fingerprint density at radius 3 is 2.18 bits per heavy atom. The lowest BCUT2D eigenvalue weighted by Crippen LogP contribution is -2.46. The Hall–Kier alpha value is -2.04. The van der Waals surface area contributed by atoms with Gasteiger partial charge in [-0.25, -0.2) is 0 Å². The average molecular weight is 305 g/mol. The number of carbonyl (C=O) groups excluding carboxylic acids is 2. The van der Waals surface area contributed by atoms with Crippen LogP contribution in [-0.2, 0) is 9.59 Å². The number of carbonyl (C=O) groups is 2. The van der Waals surface area contributed by atoms with Crippen molar-refractivity contribution < 1.29 is 9.59 Å². The Morgan fingerprint density at radius 1 is 1.05 bits per heavy atom. The largest absolute Gasteiger partial charge is 0.362 e. The Labute approximate surface area is 133 Å². The quantitative estimate of drug-likeness (QED) is 0.798. The SMILES string of the molecule is CCN(CC(=O)NC(C)C)C(=O)CN(CC)c1ccccc1. The summed E-state index contributed by atoms with van der Waals surface area (Å²) in [5.41, 5.74) is 1.01. The molecule has 0 fully saturated rings. The molecular formula is C17H27N3O2. The van der Waals surface area contributed by atoms with Crippen LogP contribution in [0, 0.1) is 0 Å². The third-order valence-corrected chi connectivity index (χ3v) is 3.35. The number of benzene rings is 1. The molecule has 0 saturated carbocycles. The minimum Gasteiger partial charge on any atom is -0.362 e. The Kier molecular flexibility index (Phi) is 7.43. The van der Waals surface area contributed by atoms with Crippen LogP contribution in [0.4, 0.5) is 5.69 Å². The van der Waals surface area contributed by atoms with Crippen LogP contribution in [0.2, 0.25) is 0 Å². The summed E-state index contributed by atoms with van der Waals surface area (Å²) in [6.07, 6.45) is 0. The molecule has 1 N–H and O–H groups in total. The molecule has 0 unspecified atom stereocenters. The molecule has 0 aliphatic heterocycles. The third-order valence-electron chi connectivity index (χ3n) is 3.35. The zero-order chi connectivity index (χ0) is 16.5. The lowest BCUT2D eigenvalue weighted by Gasteiger charge is -2.27. The molecular weight excluding hydrogens is 278 g/mol. The van der Waals surface area contributed by atoms with Gasteiger partial charge < -0.3 is 15.1 Å². The van der Waals surface area contributed by atoms with E-state index in [-0.39, 0.29) is 30.9 Å². The van der Waals surface area contributed by atoms with Crippen molar-refractivity contribution in [2.24, 2.45) is 0 Å². The van der Waals surface area contributed by atoms with E-state index in [9.17, 15) is 9.59 Å². The van der Waals surface area contributed by atoms with Gasteiger partial charge in [-0.15, -0.1) is 0 Å². The Bertz CT molecular complexity index is 474. The van der Waals surface area contributed by atoms with Crippen molar-refractivity contribution in [3.05, 3.63) is 30.3 Å². The van der Waals surface area contributed by atoms with E-state index in [1.807, 2.05) is 62.9 Å². The molecule has 0 aromatic heterocycles. The van der Waals surface area contributed by atoms with E-state index in [0.29, 0.717) is 6.54 Å². The zero-order valence-electron chi connectivity index (χ0n) is 14.0. The van der Waals surface area contributed by atoms with E-state index < -0.39 is 0 Å². The average Bonchev–Trinajstić information content (AvgIpc) is 2.50. The Morgan fingerprint density at radius 2 is 1.68 bits per heavy atom. The summed E-state index contributed by atoms with van der Waals surface area (Å²) >= 11 is 0. The van der Waals surface area contributed by atoms with Crippen LogP contribution in [0.5, 0.6) is 0 Å². The van der Waals surface area contributed by atoms with Gasteiger partial charge in [-0.2, -0.15) is 0 Å². The lowest BCUT2D eigenvalue weighted by atomic mass is 10.2. The number of nitrogens with one attached hydrogen (secondary N) is 1. The standard InChI is InChI=1S/C17H27N3O2/c1-5-19(15-10-8-7-9-11-15)13-17(22)20(6-2)12-16(21)18-14(3)4/h7-11,14H,5-6,12-13H2,1-4H3,(H,18,21). The monoisotopic (exact) mass is 305 g/mol. The number of anilines is 1. The van der Waals surface area contributed by atoms with Crippen LogP contribution in [0.15, 0.2) is 30.3 Å². The van der Waals surface area contributed by atoms with Gasteiger partial charge >= 0.3 is 0 Å². The van der Waals surface area contributed by atoms with Gasteiger partial charge in [-0.1, -0.05) is 18.2 Å². The maximum Gasteiger partial charge on any atom is 0.242 e. The topological polar surface area (TPSA) is 52.7 Å². The minimum absolute atomic E-state index is 0.0351. The fourth-order valence-electron chi connectivity index (χ4n) is 2.21. The van der Waals surface area contributed by atoms with Crippen LogP contribution in [0.3, 0.4) is 0 Å². The first kappa shape index (κ1) is 18.0. The molecule has 0 spiro atoms. The van der Waals surface area contributed by atoms with Crippen LogP contribution >= 0.6 is 0 Å². The number of para-hydroxylation sites is 1. The zero-order valence-corrected chi connectivity index (χ0v) is 14.0. The van der Waals surface area contributed by atoms with Gasteiger partial charge in [0.2, 0.25) is 11.8 Å². The maximum atomic E-state index is 12.4. The van der Waals surface area contributed by atoms with Crippen molar-refractivity contribution in [1.82, 2.24) is 10.2 Å². The van der Waals surface area contributed by atoms with Gasteiger partial charge in [0.15, 0.2) is 0 Å². The first-order valence-electron chi connectivity index (χ1n) is 7.85. The van der Waals surface area contributed by atoms with Crippen LogP contribution in [0.1, 0.15) is 27.7 Å². The van der Waals surface area contributed by atoms with Gasteiger partial charge in [0.05, 0.1) is 13.1 Å². The van der Waals surface area contributed by atoms with Crippen molar-refractivity contribution in [3.8, 4) is 0 Å². The highest BCUT2D eigenvalue weighted by Crippen LogP contribution is 2.12. The van der Waals surface area contributed by atoms with Crippen molar-refractivity contribution >= 4 is 17.5 Å². The molecule has 122 valence electrons. The molecule has 2 amide bonds. The number of likely N-dealkylation sites (N-methyl/N-ethyl adjacent to an activating group) is 2. The molecule has 0 aliphatic carbocycles. The summed E-state index contributed by atoms with van der Waals surface area (Å²) in [4.78, 5) is 27.9. The third kappa shape index (κ3) is 5.76. The molecule has 0 aliphatic rings. The number of hydrogen-bond acceptors (Lipinski definition) is 3. The van der Waals surface area contributed by atoms with Crippen molar-refractivity contribution in [3.63, 3.8) is 0 Å². The number of hydrogen-bond donors (Lipinski definition) is 1. The second-order valence-corrected chi connectivity index (χ2v) is 5.48. The predicted octanol–water partition coefficient (Wildman–Crippen LogP) is 1.89. The number of rotatable bonds is 8. The maximum absolute atomic E-state index is 12.4. The summed E-state index contributed by atoms with van der Waals surface area (Å²) < 4.78 is 0. The highest BCUT2D eigenvalue weighted by molar-refractivity contribution is 5.87. The molecule has 0 atom stereocenters. The first-order valence-corrected chi connectivity index (χ1v) is 7.85. The second-order valence-electron chi connectivity index (χ2n) is 5.48. The van der Waals surface area contributed by atoms with E-state index in [1.165, 1.54) is 0 Å². The molecule has 0 saturated heterocycles. The Balaban J connectivity index is 2.65. The molecule has 0 bridgehead atoms. The number of amides is 2. The van der Waals surface area contributed by atoms with Gasteiger partial charge in [0.1, 0.15) is 0 Å². The van der Waals surface area contributed by atoms with Crippen molar-refractivity contribution in [1.29, 1.82) is 0 Å². The second kappa shape index (κ2) is 9.07. The molecule has 5 heteroatoms. The molecule has 22 heavy (non-hydrogen) atoms. The fourth-order valence-corrected chi connectivity index (χ4v) is 2.21. The summed E-state index contributed by atoms with van der Waals surface area (Å²) in [5.74, 6) is -0.153. The summed E-state index contributed by atoms with van der Waals surface area (Å²) in [5, 5.41) is 2.81. The van der Waals surface area contributed by atoms with E-state index in [2.05, 4.69) is 5.32 Å². The van der Waals surface area contributed by atoms with Crippen molar-refractivity contribution in [2.75, 3.05) is 31.1 Å². The van der Waals surface area contributed by atoms with E-state index >= 15 is 0 Å². The van der Waals surface area contributed by atoms with Gasteiger partial charge in [0, 0.05) is 24.8 Å². The molecule has 1 aromatic rings. The molecule has 0 heterocycles. The summed E-state index contributed by atoms with van der Waals surface area (Å²) in [7, 11) is 0. The van der Waals surface area contributed by atoms with Crippen LogP contribution in [0.25, 0.3) is 0 Å². The molecule has 1 rings (SSSR count). The first-order chi connectivity index (χ1) is 10.5. The van der Waals surface area contributed by atoms with E-state index in [4.69, 9.17) is 0 Å². The smallest absolute Gasteiger partial charge is 0.242 e. The normalized spacial score (nSPS) is 10.4. The van der Waals surface area contributed by atoms with E-state index in [0.717, 1.165) is 12.2 Å². The molecule has 5 nitrogen and oxygen atoms in total.